The molecule has 0 amide bonds. The van der Waals surface area contributed by atoms with E-state index < -0.39 is 10.0 Å². The Kier molecular flexibility index (Phi) is 4.98. The fourth-order valence-electron chi connectivity index (χ4n) is 2.56. The molecule has 0 saturated carbocycles. The molecule has 2 rings (SSSR count). The van der Waals surface area contributed by atoms with Crippen LogP contribution in [0.2, 0.25) is 0 Å². The molecule has 1 aliphatic heterocycles. The lowest BCUT2D eigenvalue weighted by molar-refractivity contribution is 0.311. The van der Waals surface area contributed by atoms with Gasteiger partial charge in [-0.2, -0.15) is 0 Å². The number of benzene rings is 1. The minimum atomic E-state index is -3.55. The van der Waals surface area contributed by atoms with E-state index in [-0.39, 0.29) is 15.9 Å². The number of likely N-dealkylation sites (N-methyl/N-ethyl adjacent to an activating group) is 1. The number of likely N-dealkylation sites (tertiary alicyclic amines) is 1. The standard InChI is InChI=1S/C14H21N3O2S2/c1-10-5-6-11(14(15)20)8-13(10)21(18,19)16-9-12-4-3-7-17(12)2/h5-6,8,12,16H,3-4,7,9H2,1-2H3,(H2,15,20). The Balaban J connectivity index is 2.19. The Hall–Kier alpha value is -1.02. The monoisotopic (exact) mass is 327 g/mol. The van der Waals surface area contributed by atoms with Crippen LogP contribution in [0.25, 0.3) is 0 Å². The van der Waals surface area contributed by atoms with Crippen molar-refractivity contribution >= 4 is 27.2 Å². The van der Waals surface area contributed by atoms with Gasteiger partial charge in [0, 0.05) is 18.2 Å². The highest BCUT2D eigenvalue weighted by molar-refractivity contribution is 7.89. The van der Waals surface area contributed by atoms with Crippen LogP contribution in [0.4, 0.5) is 0 Å². The summed E-state index contributed by atoms with van der Waals surface area (Å²) in [4.78, 5) is 2.62. The third-order valence-corrected chi connectivity index (χ3v) is 5.74. The van der Waals surface area contributed by atoms with Crippen LogP contribution in [0.1, 0.15) is 24.0 Å². The summed E-state index contributed by atoms with van der Waals surface area (Å²) in [6.07, 6.45) is 2.13. The van der Waals surface area contributed by atoms with Gasteiger partial charge in [0.05, 0.1) is 4.90 Å². The summed E-state index contributed by atoms with van der Waals surface area (Å²) in [7, 11) is -1.53. The van der Waals surface area contributed by atoms with Crippen LogP contribution < -0.4 is 10.5 Å². The molecule has 1 heterocycles. The Bertz CT molecular complexity index is 644. The Morgan fingerprint density at radius 3 is 2.81 bits per heavy atom. The summed E-state index contributed by atoms with van der Waals surface area (Å²) >= 11 is 4.91. The molecule has 0 radical (unpaired) electrons. The molecule has 1 fully saturated rings. The average Bonchev–Trinajstić information content (AvgIpc) is 2.82. The van der Waals surface area contributed by atoms with E-state index in [9.17, 15) is 8.42 Å². The number of rotatable bonds is 5. The topological polar surface area (TPSA) is 75.4 Å². The van der Waals surface area contributed by atoms with Crippen molar-refractivity contribution in [3.05, 3.63) is 29.3 Å². The highest BCUT2D eigenvalue weighted by Gasteiger charge is 2.24. The average molecular weight is 327 g/mol. The molecule has 1 aromatic carbocycles. The molecule has 1 unspecified atom stereocenters. The summed E-state index contributed by atoms with van der Waals surface area (Å²) < 4.78 is 27.7. The largest absolute Gasteiger partial charge is 0.389 e. The zero-order valence-electron chi connectivity index (χ0n) is 12.3. The smallest absolute Gasteiger partial charge is 0.240 e. The van der Waals surface area contributed by atoms with Gasteiger partial charge in [0.15, 0.2) is 0 Å². The van der Waals surface area contributed by atoms with E-state index in [1.54, 1.807) is 25.1 Å². The van der Waals surface area contributed by atoms with Crippen LogP contribution >= 0.6 is 12.2 Å². The molecule has 0 bridgehead atoms. The van der Waals surface area contributed by atoms with Gasteiger partial charge in [-0.1, -0.05) is 24.4 Å². The molecule has 1 saturated heterocycles. The van der Waals surface area contributed by atoms with E-state index in [0.29, 0.717) is 17.7 Å². The summed E-state index contributed by atoms with van der Waals surface area (Å²) in [5.74, 6) is 0. The van der Waals surface area contributed by atoms with E-state index in [2.05, 4.69) is 9.62 Å². The molecule has 0 spiro atoms. The summed E-state index contributed by atoms with van der Waals surface area (Å²) in [6.45, 7) is 3.21. The van der Waals surface area contributed by atoms with Crippen molar-refractivity contribution in [2.24, 2.45) is 5.73 Å². The van der Waals surface area contributed by atoms with Gasteiger partial charge in [-0.15, -0.1) is 0 Å². The maximum absolute atomic E-state index is 12.5. The first-order chi connectivity index (χ1) is 9.81. The number of aryl methyl sites for hydroxylation is 1. The highest BCUT2D eigenvalue weighted by atomic mass is 32.2. The van der Waals surface area contributed by atoms with E-state index in [1.807, 2.05) is 7.05 Å². The predicted octanol–water partition coefficient (Wildman–Crippen LogP) is 1.00. The van der Waals surface area contributed by atoms with Crippen LogP contribution in [0, 0.1) is 6.92 Å². The minimum Gasteiger partial charge on any atom is -0.389 e. The maximum atomic E-state index is 12.5. The second-order valence-electron chi connectivity index (χ2n) is 5.47. The molecule has 3 N–H and O–H groups in total. The lowest BCUT2D eigenvalue weighted by Crippen LogP contribution is -2.38. The van der Waals surface area contributed by atoms with Gasteiger partial charge in [0.2, 0.25) is 10.0 Å². The Morgan fingerprint density at radius 1 is 1.52 bits per heavy atom. The van der Waals surface area contributed by atoms with Crippen LogP contribution in [-0.4, -0.2) is 44.5 Å². The number of hydrogen-bond acceptors (Lipinski definition) is 4. The van der Waals surface area contributed by atoms with Crippen LogP contribution in [0.15, 0.2) is 23.1 Å². The second-order valence-corrected chi connectivity index (χ2v) is 7.65. The molecule has 1 atom stereocenters. The van der Waals surface area contributed by atoms with Crippen LogP contribution in [0.5, 0.6) is 0 Å². The Morgan fingerprint density at radius 2 is 2.24 bits per heavy atom. The molecule has 5 nitrogen and oxygen atoms in total. The first-order valence-corrected chi connectivity index (χ1v) is 8.81. The Labute approximate surface area is 131 Å². The van der Waals surface area contributed by atoms with Crippen molar-refractivity contribution in [2.75, 3.05) is 20.1 Å². The van der Waals surface area contributed by atoms with Gasteiger partial charge in [-0.3, -0.25) is 0 Å². The SMILES string of the molecule is Cc1ccc(C(N)=S)cc1S(=O)(=O)NCC1CCCN1C. The van der Waals surface area contributed by atoms with Crippen molar-refractivity contribution < 1.29 is 8.42 Å². The molecule has 0 aliphatic carbocycles. The van der Waals surface area contributed by atoms with Crippen molar-refractivity contribution in [3.63, 3.8) is 0 Å². The maximum Gasteiger partial charge on any atom is 0.240 e. The first-order valence-electron chi connectivity index (χ1n) is 6.91. The summed E-state index contributed by atoms with van der Waals surface area (Å²) in [5.41, 5.74) is 6.82. The zero-order chi connectivity index (χ0) is 15.6. The van der Waals surface area contributed by atoms with Crippen molar-refractivity contribution in [2.45, 2.75) is 30.7 Å². The molecule has 7 heteroatoms. The fourth-order valence-corrected chi connectivity index (χ4v) is 4.03. The summed E-state index contributed by atoms with van der Waals surface area (Å²) in [6, 6.07) is 5.27. The van der Waals surface area contributed by atoms with E-state index in [0.717, 1.165) is 19.4 Å². The van der Waals surface area contributed by atoms with Gasteiger partial charge < -0.3 is 10.6 Å². The zero-order valence-corrected chi connectivity index (χ0v) is 13.9. The van der Waals surface area contributed by atoms with E-state index in [4.69, 9.17) is 18.0 Å². The van der Waals surface area contributed by atoms with Crippen LogP contribution in [0.3, 0.4) is 0 Å². The van der Waals surface area contributed by atoms with Gasteiger partial charge in [-0.25, -0.2) is 13.1 Å². The molecule has 21 heavy (non-hydrogen) atoms. The molecule has 1 aliphatic rings. The highest BCUT2D eigenvalue weighted by Crippen LogP contribution is 2.19. The van der Waals surface area contributed by atoms with E-state index >= 15 is 0 Å². The van der Waals surface area contributed by atoms with Crippen molar-refractivity contribution in [1.82, 2.24) is 9.62 Å². The van der Waals surface area contributed by atoms with Crippen LogP contribution in [-0.2, 0) is 10.0 Å². The third-order valence-electron chi connectivity index (χ3n) is 3.94. The second kappa shape index (κ2) is 6.39. The van der Waals surface area contributed by atoms with Gasteiger partial charge in [0.25, 0.3) is 0 Å². The molecular weight excluding hydrogens is 306 g/mol. The third kappa shape index (κ3) is 3.79. The fraction of sp³-hybridized carbons (Fsp3) is 0.500. The predicted molar refractivity (Wildman–Crippen MR) is 87.9 cm³/mol. The van der Waals surface area contributed by atoms with Crippen molar-refractivity contribution in [1.29, 1.82) is 0 Å². The lowest BCUT2D eigenvalue weighted by Gasteiger charge is -2.20. The first kappa shape index (κ1) is 16.4. The van der Waals surface area contributed by atoms with Gasteiger partial charge in [-0.05, 0) is 45.0 Å². The quantitative estimate of drug-likeness (QED) is 0.789. The van der Waals surface area contributed by atoms with E-state index in [1.165, 1.54) is 0 Å². The number of nitrogens with one attached hydrogen (secondary N) is 1. The number of sulfonamides is 1. The number of nitrogens with two attached hydrogens (primary N) is 1. The molecule has 116 valence electrons. The van der Waals surface area contributed by atoms with Gasteiger partial charge >= 0.3 is 0 Å². The normalized spacial score (nSPS) is 19.8. The lowest BCUT2D eigenvalue weighted by atomic mass is 10.1. The minimum absolute atomic E-state index is 0.196. The number of nitrogens with zero attached hydrogens (tertiary/aromatic N) is 1. The van der Waals surface area contributed by atoms with Gasteiger partial charge in [0.1, 0.15) is 4.99 Å². The van der Waals surface area contributed by atoms with Crippen molar-refractivity contribution in [3.8, 4) is 0 Å². The number of hydrogen-bond donors (Lipinski definition) is 2. The molecule has 1 aromatic rings. The summed E-state index contributed by atoms with van der Waals surface area (Å²) in [5, 5.41) is 0. The molecule has 0 aromatic heterocycles. The molecular formula is C14H21N3O2S2. The number of thiocarbonyl (C=S) groups is 1.